The smallest absolute Gasteiger partial charge is 0.303 e. The highest BCUT2D eigenvalue weighted by Crippen LogP contribution is 2.42. The number of rotatable bonds is 10. The highest BCUT2D eigenvalue weighted by atomic mass is 35.5. The summed E-state index contributed by atoms with van der Waals surface area (Å²) < 4.78 is 6.56. The van der Waals surface area contributed by atoms with Crippen molar-refractivity contribution in [3.8, 4) is 0 Å². The molecule has 3 aromatic carbocycles. The van der Waals surface area contributed by atoms with Crippen LogP contribution in [0.5, 0.6) is 0 Å². The molecule has 1 aliphatic heterocycles. The molecule has 8 nitrogen and oxygen atoms in total. The number of carboxylic acids is 1. The number of carbonyl (C=O) groups is 3. The molecule has 3 N–H and O–H groups in total. The molecule has 3 aromatic rings. The maximum Gasteiger partial charge on any atom is 0.303 e. The van der Waals surface area contributed by atoms with Crippen LogP contribution in [0, 0.1) is 19.3 Å². The number of nitrogens with zero attached hydrogens (tertiary/aromatic N) is 1. The summed E-state index contributed by atoms with van der Waals surface area (Å²) in [7, 11) is 0. The first-order valence-corrected chi connectivity index (χ1v) is 14.8. The Hall–Kier alpha value is -3.43. The van der Waals surface area contributed by atoms with E-state index in [2.05, 4.69) is 5.32 Å². The summed E-state index contributed by atoms with van der Waals surface area (Å²) in [6.45, 7) is 7.70. The molecule has 1 aliphatic rings. The lowest BCUT2D eigenvalue weighted by atomic mass is 9.91. The minimum absolute atomic E-state index is 0.0657. The van der Waals surface area contributed by atoms with Gasteiger partial charge in [0.15, 0.2) is 0 Å². The van der Waals surface area contributed by atoms with E-state index in [1.165, 1.54) is 0 Å². The van der Waals surface area contributed by atoms with Crippen LogP contribution in [0.1, 0.15) is 60.6 Å². The van der Waals surface area contributed by atoms with E-state index in [1.54, 1.807) is 41.3 Å². The van der Waals surface area contributed by atoms with Gasteiger partial charge in [0.25, 0.3) is 5.91 Å². The normalized spacial score (nSPS) is 16.9. The van der Waals surface area contributed by atoms with Gasteiger partial charge in [0.2, 0.25) is 5.91 Å². The lowest BCUT2D eigenvalue weighted by Crippen LogP contribution is -2.46. The van der Waals surface area contributed by atoms with Gasteiger partial charge in [-0.25, -0.2) is 0 Å². The number of aliphatic hydroxyl groups excluding tert-OH is 1. The van der Waals surface area contributed by atoms with E-state index >= 15 is 0 Å². The first-order chi connectivity index (χ1) is 20.3. The highest BCUT2D eigenvalue weighted by molar-refractivity contribution is 6.33. The predicted molar refractivity (Wildman–Crippen MR) is 168 cm³/mol. The van der Waals surface area contributed by atoms with Gasteiger partial charge in [0, 0.05) is 41.3 Å². The van der Waals surface area contributed by atoms with E-state index in [-0.39, 0.29) is 37.4 Å². The second kappa shape index (κ2) is 13.5. The summed E-state index contributed by atoms with van der Waals surface area (Å²) >= 11 is 12.8. The summed E-state index contributed by atoms with van der Waals surface area (Å²) in [4.78, 5) is 40.2. The number of fused-ring (bicyclic) bond motifs is 1. The Morgan fingerprint density at radius 1 is 1.05 bits per heavy atom. The van der Waals surface area contributed by atoms with Crippen LogP contribution < -0.4 is 10.2 Å². The fourth-order valence-corrected chi connectivity index (χ4v) is 5.43. The molecule has 0 aromatic heterocycles. The number of amides is 2. The predicted octanol–water partition coefficient (Wildman–Crippen LogP) is 6.50. The maximum absolute atomic E-state index is 14.2. The molecule has 43 heavy (non-hydrogen) atoms. The van der Waals surface area contributed by atoms with E-state index in [4.69, 9.17) is 33.0 Å². The second-order valence-corrected chi connectivity index (χ2v) is 12.5. The first-order valence-electron chi connectivity index (χ1n) is 14.0. The van der Waals surface area contributed by atoms with E-state index in [0.29, 0.717) is 27.5 Å². The van der Waals surface area contributed by atoms with Gasteiger partial charge in [0.05, 0.1) is 17.1 Å². The van der Waals surface area contributed by atoms with Crippen LogP contribution in [0.15, 0.2) is 54.6 Å². The summed E-state index contributed by atoms with van der Waals surface area (Å²) in [6, 6.07) is 16.0. The summed E-state index contributed by atoms with van der Waals surface area (Å²) in [6.07, 6.45) is -1.99. The number of carbonyl (C=O) groups excluding carboxylic acids is 2. The standard InChI is InChI=1S/C33H36Cl2N2O6/c1-19-6-5-7-23(20(19)2)31-24-15-22(34)10-12-27(24)37(17-33(3,4)18-38)32(42)28(43-31)16-29(39)36-26-14-21(8-11-25(26)35)9-13-30(40)41/h5-8,10-12,14-15,28,31,38H,9,13,16-18H2,1-4H3,(H,36,39)(H,40,41)/t28-,31-/m1/s1. The van der Waals surface area contributed by atoms with Crippen molar-refractivity contribution in [2.24, 2.45) is 5.41 Å². The van der Waals surface area contributed by atoms with Crippen LogP contribution in [-0.4, -0.2) is 47.3 Å². The van der Waals surface area contributed by atoms with Crippen molar-refractivity contribution >= 4 is 52.4 Å². The molecular weight excluding hydrogens is 591 g/mol. The molecular formula is C33H36Cl2N2O6. The SMILES string of the molecule is Cc1cccc([C@H]2O[C@H](CC(=O)Nc3cc(CCC(=O)O)ccc3Cl)C(=O)N(CC(C)(C)CO)c3ccc(Cl)cc32)c1C. The summed E-state index contributed by atoms with van der Waals surface area (Å²) in [5.74, 6) is -1.85. The molecule has 10 heteroatoms. The molecule has 0 spiro atoms. The zero-order valence-electron chi connectivity index (χ0n) is 24.6. The number of aliphatic hydroxyl groups is 1. The Morgan fingerprint density at radius 3 is 2.49 bits per heavy atom. The van der Waals surface area contributed by atoms with Crippen molar-refractivity contribution in [2.45, 2.75) is 59.2 Å². The van der Waals surface area contributed by atoms with Crippen LogP contribution in [0.4, 0.5) is 11.4 Å². The number of halogens is 2. The number of benzene rings is 3. The van der Waals surface area contributed by atoms with Crippen LogP contribution in [0.3, 0.4) is 0 Å². The third-order valence-corrected chi connectivity index (χ3v) is 8.22. The summed E-state index contributed by atoms with van der Waals surface area (Å²) in [5.41, 5.74) is 4.52. The minimum atomic E-state index is -1.18. The number of aryl methyl sites for hydroxylation is 2. The van der Waals surface area contributed by atoms with Gasteiger partial charge < -0.3 is 25.2 Å². The van der Waals surface area contributed by atoms with Gasteiger partial charge in [0.1, 0.15) is 12.2 Å². The molecule has 0 radical (unpaired) electrons. The third kappa shape index (κ3) is 7.75. The van der Waals surface area contributed by atoms with Gasteiger partial charge in [-0.2, -0.15) is 0 Å². The molecule has 228 valence electrons. The summed E-state index contributed by atoms with van der Waals surface area (Å²) in [5, 5.41) is 22.6. The molecule has 2 amide bonds. The molecule has 2 atom stereocenters. The number of nitrogens with one attached hydrogen (secondary N) is 1. The van der Waals surface area contributed by atoms with Gasteiger partial charge in [-0.3, -0.25) is 14.4 Å². The minimum Gasteiger partial charge on any atom is -0.481 e. The van der Waals surface area contributed by atoms with E-state index in [1.807, 2.05) is 45.9 Å². The van der Waals surface area contributed by atoms with Crippen molar-refractivity contribution in [3.63, 3.8) is 0 Å². The Morgan fingerprint density at radius 2 is 1.79 bits per heavy atom. The van der Waals surface area contributed by atoms with Crippen molar-refractivity contribution in [2.75, 3.05) is 23.4 Å². The Kier molecular flexibility index (Phi) is 10.2. The van der Waals surface area contributed by atoms with Gasteiger partial charge >= 0.3 is 5.97 Å². The average molecular weight is 628 g/mol. The number of hydrogen-bond donors (Lipinski definition) is 3. The van der Waals surface area contributed by atoms with Crippen LogP contribution >= 0.6 is 23.2 Å². The van der Waals surface area contributed by atoms with Crippen LogP contribution in [-0.2, 0) is 25.5 Å². The number of ether oxygens (including phenoxy) is 1. The third-order valence-electron chi connectivity index (χ3n) is 7.65. The quantitative estimate of drug-likeness (QED) is 0.237. The molecule has 1 heterocycles. The highest BCUT2D eigenvalue weighted by Gasteiger charge is 2.40. The topological polar surface area (TPSA) is 116 Å². The molecule has 0 fully saturated rings. The number of carboxylic acid groups (broad SMARTS) is 1. The number of hydrogen-bond acceptors (Lipinski definition) is 5. The fraction of sp³-hybridized carbons (Fsp3) is 0.364. The average Bonchev–Trinajstić information content (AvgIpc) is 3.05. The molecule has 0 saturated carbocycles. The van der Waals surface area contributed by atoms with Crippen molar-refractivity contribution < 1.29 is 29.3 Å². The Balaban J connectivity index is 1.73. The lowest BCUT2D eigenvalue weighted by molar-refractivity contribution is -0.137. The molecule has 0 bridgehead atoms. The van der Waals surface area contributed by atoms with Crippen LogP contribution in [0.25, 0.3) is 0 Å². The first kappa shape index (κ1) is 32.5. The molecule has 0 unspecified atom stereocenters. The second-order valence-electron chi connectivity index (χ2n) is 11.7. The molecule has 4 rings (SSSR count). The van der Waals surface area contributed by atoms with Gasteiger partial charge in [-0.1, -0.05) is 61.3 Å². The van der Waals surface area contributed by atoms with E-state index in [9.17, 15) is 19.5 Å². The zero-order valence-corrected chi connectivity index (χ0v) is 26.1. The molecule has 0 saturated heterocycles. The zero-order chi connectivity index (χ0) is 31.5. The fourth-order valence-electron chi connectivity index (χ4n) is 5.09. The number of aliphatic carboxylic acids is 1. The van der Waals surface area contributed by atoms with Crippen LogP contribution in [0.2, 0.25) is 10.0 Å². The van der Waals surface area contributed by atoms with Gasteiger partial charge in [-0.05, 0) is 72.9 Å². The van der Waals surface area contributed by atoms with E-state index in [0.717, 1.165) is 16.7 Å². The monoisotopic (exact) mass is 626 g/mol. The van der Waals surface area contributed by atoms with E-state index < -0.39 is 35.4 Å². The van der Waals surface area contributed by atoms with Crippen molar-refractivity contribution in [3.05, 3.63) is 92.5 Å². The van der Waals surface area contributed by atoms with Gasteiger partial charge in [-0.15, -0.1) is 0 Å². The molecule has 0 aliphatic carbocycles. The van der Waals surface area contributed by atoms with Crippen molar-refractivity contribution in [1.29, 1.82) is 0 Å². The van der Waals surface area contributed by atoms with Crippen molar-refractivity contribution in [1.82, 2.24) is 0 Å². The lowest BCUT2D eigenvalue weighted by Gasteiger charge is -2.32. The maximum atomic E-state index is 14.2. The largest absolute Gasteiger partial charge is 0.481 e. The Bertz CT molecular complexity index is 1540. The number of anilines is 2. The Labute approximate surface area is 261 Å².